The molecule has 0 saturated carbocycles. The van der Waals surface area contributed by atoms with Gasteiger partial charge in [-0.2, -0.15) is 34.4 Å². The molecule has 4 heterocycles. The lowest BCUT2D eigenvalue weighted by atomic mass is 9.81. The molecule has 22 nitrogen and oxygen atoms in total. The summed E-state index contributed by atoms with van der Waals surface area (Å²) >= 11 is 1.61. The van der Waals surface area contributed by atoms with Gasteiger partial charge in [0, 0.05) is 116 Å². The molecule has 3 aliphatic rings. The molecule has 1 aromatic heterocycles. The summed E-state index contributed by atoms with van der Waals surface area (Å²) in [5.74, 6) is -0.954. The number of amides is 3. The Balaban J connectivity index is 0.676. The number of allylic oxidation sites excluding steroid dienone is 6. The number of pyridine rings is 1. The third-order valence-corrected chi connectivity index (χ3v) is 19.9. The van der Waals surface area contributed by atoms with Crippen molar-refractivity contribution in [2.45, 2.75) is 118 Å². The highest BCUT2D eigenvalue weighted by Gasteiger charge is 2.45. The molecule has 0 spiro atoms. The van der Waals surface area contributed by atoms with Crippen molar-refractivity contribution in [3.05, 3.63) is 155 Å². The summed E-state index contributed by atoms with van der Waals surface area (Å²) in [7, 11) is -12.9. The fraction of sp³-hybridized carbons (Fsp3) is 0.409. The molecule has 7 N–H and O–H groups in total. The number of hydrazine groups is 1. The highest BCUT2D eigenvalue weighted by molar-refractivity contribution is 8.04. The predicted molar refractivity (Wildman–Crippen MR) is 357 cm³/mol. The molecule has 0 aliphatic carbocycles. The van der Waals surface area contributed by atoms with Gasteiger partial charge in [-0.25, -0.2) is 5.43 Å². The van der Waals surface area contributed by atoms with Crippen molar-refractivity contribution in [2.24, 2.45) is 0 Å². The van der Waals surface area contributed by atoms with Crippen LogP contribution >= 0.6 is 11.8 Å². The Kier molecular flexibility index (Phi) is 24.4. The van der Waals surface area contributed by atoms with Gasteiger partial charge in [0.15, 0.2) is 18.5 Å². The van der Waals surface area contributed by atoms with Gasteiger partial charge in [0.25, 0.3) is 30.4 Å². The zero-order valence-corrected chi connectivity index (χ0v) is 55.9. The lowest BCUT2D eigenvalue weighted by molar-refractivity contribution is -0.671. The maximum absolute atomic E-state index is 12.7. The second-order valence-electron chi connectivity index (χ2n) is 23.5. The zero-order chi connectivity index (χ0) is 66.3. The summed E-state index contributed by atoms with van der Waals surface area (Å²) in [4.78, 5) is 42.7. The van der Waals surface area contributed by atoms with E-state index in [2.05, 4.69) is 52.6 Å². The quantitative estimate of drug-likeness (QED) is 0.00669. The van der Waals surface area contributed by atoms with Gasteiger partial charge in [0.2, 0.25) is 28.9 Å². The number of aryl methyl sites for hydroxylation is 1. The zero-order valence-electron chi connectivity index (χ0n) is 52.6. The van der Waals surface area contributed by atoms with E-state index < -0.39 is 41.2 Å². The number of carbonyl (C=O) groups is 3. The Morgan fingerprint density at radius 1 is 0.641 bits per heavy atom. The standard InChI is InChI=1S/C66H82N8O14S4/c1-6-72-55-28-26-49(91(81,82)83)46-52(55)65(2,3)59(72)23-9-7-10-24-60-66(4,5)53-47-50(92(84,85)86)27-29-56(53)73(60)37-16-8-11-25-63(77)70-69-35-41-88-43-42-87-40-34-68-62(76)31-30-61(75)67-33-17-36-71-39-32-48(51-19-12-13-20-54(51)71)45-64-74(38-18-44-90(78,79)80)57-21-14-15-22-58(57)89-64/h7,9-10,12-15,19-24,26-29,32,39,45-47,69H,6,8,11,16-18,25,30-31,33-38,40-44H2,1-5H3,(H4-2,67,68,70,75,76,77,78,79,80,81,82,83,84,85,86)/p+2. The molecule has 0 saturated heterocycles. The van der Waals surface area contributed by atoms with Gasteiger partial charge in [-0.1, -0.05) is 68.1 Å². The van der Waals surface area contributed by atoms with E-state index in [-0.39, 0.29) is 65.7 Å². The molecular weight excluding hydrogens is 1260 g/mol. The fourth-order valence-electron chi connectivity index (χ4n) is 11.7. The number of nitrogens with one attached hydrogen (secondary N) is 4. The van der Waals surface area contributed by atoms with E-state index in [0.29, 0.717) is 78.4 Å². The average molecular weight is 1340 g/mol. The highest BCUT2D eigenvalue weighted by Crippen LogP contribution is 2.49. The molecule has 0 unspecified atom stereocenters. The number of aromatic nitrogens is 1. The monoisotopic (exact) mass is 1340 g/mol. The first kappa shape index (κ1) is 70.8. The molecule has 26 heteroatoms. The number of carbonyl (C=O) groups excluding carboxylic acids is 3. The largest absolute Gasteiger partial charge is 0.378 e. The van der Waals surface area contributed by atoms with Crippen LogP contribution < -0.4 is 35.9 Å². The normalized spacial score (nSPS) is 16.1. The van der Waals surface area contributed by atoms with Crippen molar-refractivity contribution < 1.29 is 71.9 Å². The Hall–Kier alpha value is -7.11. The molecule has 8 rings (SSSR count). The van der Waals surface area contributed by atoms with Gasteiger partial charge < -0.3 is 29.9 Å². The summed E-state index contributed by atoms with van der Waals surface area (Å²) in [6, 6.07) is 27.3. The summed E-state index contributed by atoms with van der Waals surface area (Å²) in [5, 5.41) is 7.68. The number of para-hydroxylation sites is 2. The van der Waals surface area contributed by atoms with E-state index in [1.165, 1.54) is 24.3 Å². The molecule has 92 heavy (non-hydrogen) atoms. The van der Waals surface area contributed by atoms with Crippen LogP contribution in [-0.2, 0) is 71.6 Å². The van der Waals surface area contributed by atoms with Gasteiger partial charge in [-0.15, -0.1) is 0 Å². The molecule has 494 valence electrons. The van der Waals surface area contributed by atoms with Crippen LogP contribution in [0.25, 0.3) is 17.0 Å². The van der Waals surface area contributed by atoms with Crippen LogP contribution in [0.3, 0.4) is 0 Å². The molecule has 0 radical (unpaired) electrons. The van der Waals surface area contributed by atoms with Crippen LogP contribution in [0.15, 0.2) is 153 Å². The van der Waals surface area contributed by atoms with Crippen molar-refractivity contribution in [3.63, 3.8) is 0 Å². The number of unbranched alkanes of at least 4 members (excludes halogenated alkanes) is 2. The van der Waals surface area contributed by atoms with E-state index in [1.54, 1.807) is 23.9 Å². The van der Waals surface area contributed by atoms with Crippen LogP contribution in [0.5, 0.6) is 0 Å². The summed E-state index contributed by atoms with van der Waals surface area (Å²) in [5.41, 5.74) is 12.5. The number of anilines is 2. The maximum atomic E-state index is 12.7. The second-order valence-corrected chi connectivity index (χ2v) is 29.0. The number of hydrogen-bond donors (Lipinski definition) is 7. The number of fused-ring (bicyclic) bond motifs is 4. The van der Waals surface area contributed by atoms with Crippen LogP contribution in [0.4, 0.5) is 17.1 Å². The fourth-order valence-corrected chi connectivity index (χ4v) is 14.3. The predicted octanol–water partition coefficient (Wildman–Crippen LogP) is 8.32. The number of benzene rings is 4. The number of hydrogen-bond acceptors (Lipinski definition) is 15. The first-order valence-corrected chi connectivity index (χ1v) is 36.1. The molecule has 0 atom stereocenters. The minimum Gasteiger partial charge on any atom is -0.378 e. The Morgan fingerprint density at radius 3 is 2.03 bits per heavy atom. The molecule has 4 aromatic carbocycles. The Morgan fingerprint density at radius 2 is 1.32 bits per heavy atom. The smallest absolute Gasteiger partial charge is 0.294 e. The van der Waals surface area contributed by atoms with Crippen molar-refractivity contribution in [1.82, 2.24) is 21.5 Å². The topological polar surface area (TPSA) is 294 Å². The molecule has 0 fully saturated rings. The average Bonchev–Trinajstić information content (AvgIpc) is 1.59. The van der Waals surface area contributed by atoms with Crippen molar-refractivity contribution in [2.75, 3.05) is 81.2 Å². The van der Waals surface area contributed by atoms with E-state index in [4.69, 9.17) is 9.47 Å². The Labute approximate surface area is 544 Å². The first-order chi connectivity index (χ1) is 43.8. The SMILES string of the molecule is CCN1C(=CC=CC=CC2=[N+](CCCCCC(=O)NNCCOCCOCCNC(=O)CCC(=O)NCCC[n+]3ccc(C=C4Sc5ccccc5N4CCCS(=O)(=O)O)c4ccccc43)c3ccc(S(=O)(=O)O)cc3C2(C)C)C(C)(C)c2cc(S(=O)(=O)O)ccc21. The van der Waals surface area contributed by atoms with Crippen molar-refractivity contribution in [3.8, 4) is 0 Å². The minimum absolute atomic E-state index is 0.0419. The van der Waals surface area contributed by atoms with E-state index in [0.717, 1.165) is 78.8 Å². The van der Waals surface area contributed by atoms with E-state index >= 15 is 0 Å². The van der Waals surface area contributed by atoms with Crippen LogP contribution in [0.1, 0.15) is 103 Å². The van der Waals surface area contributed by atoms with Gasteiger partial charge in [-0.05, 0) is 112 Å². The van der Waals surface area contributed by atoms with Crippen molar-refractivity contribution >= 4 is 99.6 Å². The highest BCUT2D eigenvalue weighted by atomic mass is 32.2. The summed E-state index contributed by atoms with van der Waals surface area (Å²) in [6.07, 6.45) is 17.2. The number of thioether (sulfide) groups is 1. The van der Waals surface area contributed by atoms with E-state index in [1.807, 2.05) is 120 Å². The lowest BCUT2D eigenvalue weighted by Crippen LogP contribution is -2.39. The van der Waals surface area contributed by atoms with Gasteiger partial charge in [0.05, 0.1) is 63.5 Å². The maximum Gasteiger partial charge on any atom is 0.294 e. The van der Waals surface area contributed by atoms with Crippen molar-refractivity contribution in [1.29, 1.82) is 0 Å². The third-order valence-electron chi connectivity index (χ3n) is 16.3. The van der Waals surface area contributed by atoms with Gasteiger partial charge in [-0.3, -0.25) is 33.5 Å². The van der Waals surface area contributed by atoms with Gasteiger partial charge in [0.1, 0.15) is 6.54 Å². The molecule has 3 amide bonds. The Bertz CT molecular complexity index is 4030. The first-order valence-electron chi connectivity index (χ1n) is 30.8. The third kappa shape index (κ3) is 18.6. The van der Waals surface area contributed by atoms with Crippen LogP contribution in [0.2, 0.25) is 0 Å². The number of likely N-dealkylation sites (N-methyl/N-ethyl adjacent to an activating group) is 1. The number of ether oxygens (including phenoxy) is 2. The molecule has 3 aliphatic heterocycles. The second kappa shape index (κ2) is 31.7. The number of rotatable bonds is 34. The number of nitrogens with zero attached hydrogens (tertiary/aromatic N) is 4. The molecule has 5 aromatic rings. The summed E-state index contributed by atoms with van der Waals surface area (Å²) < 4.78 is 116. The lowest BCUT2D eigenvalue weighted by Gasteiger charge is -2.25. The summed E-state index contributed by atoms with van der Waals surface area (Å²) in [6.45, 7) is 14.6. The molecule has 0 bridgehead atoms. The van der Waals surface area contributed by atoms with Gasteiger partial charge >= 0.3 is 0 Å². The van der Waals surface area contributed by atoms with E-state index in [9.17, 15) is 53.3 Å². The molecular formula is C66H84N8O14S4+2. The minimum atomic E-state index is -4.45. The van der Waals surface area contributed by atoms with Crippen LogP contribution in [0, 0.1) is 0 Å². The van der Waals surface area contributed by atoms with Crippen LogP contribution in [-0.4, -0.2) is 138 Å².